The number of aromatic nitrogens is 2. The van der Waals surface area contributed by atoms with E-state index in [1.807, 2.05) is 45.0 Å². The Labute approximate surface area is 181 Å². The van der Waals surface area contributed by atoms with Gasteiger partial charge < -0.3 is 15.4 Å². The molecule has 1 aliphatic rings. The van der Waals surface area contributed by atoms with Crippen molar-refractivity contribution in [2.75, 3.05) is 38.5 Å². The van der Waals surface area contributed by atoms with E-state index >= 15 is 0 Å². The number of piperazine rings is 1. The summed E-state index contributed by atoms with van der Waals surface area (Å²) in [6.07, 6.45) is 2.80. The summed E-state index contributed by atoms with van der Waals surface area (Å²) in [6.45, 7) is 9.79. The Morgan fingerprint density at radius 2 is 1.93 bits per heavy atom. The van der Waals surface area contributed by atoms with Gasteiger partial charge in [0.15, 0.2) is 4.96 Å². The zero-order valence-electron chi connectivity index (χ0n) is 17.8. The van der Waals surface area contributed by atoms with Gasteiger partial charge in [-0.2, -0.15) is 0 Å². The van der Waals surface area contributed by atoms with Gasteiger partial charge in [0.25, 0.3) is 0 Å². The maximum Gasteiger partial charge on any atom is 0.410 e. The standard InChI is InChI=1S/C22H29N5O2S/c1-22(2,3)29-21(28)26-12-10-25(11-13-26)9-8-16-15-30-20-24-19(14-27(16)20)17-6-4-5-7-18(17)23/h4-7,14-15H,8-13,23H2,1-3H3. The van der Waals surface area contributed by atoms with Crippen LogP contribution < -0.4 is 5.73 Å². The van der Waals surface area contributed by atoms with Gasteiger partial charge >= 0.3 is 6.09 Å². The van der Waals surface area contributed by atoms with Gasteiger partial charge in [-0.3, -0.25) is 9.30 Å². The third kappa shape index (κ3) is 4.60. The number of nitrogens with two attached hydrogens (primary N) is 1. The van der Waals surface area contributed by atoms with Gasteiger partial charge in [0.2, 0.25) is 0 Å². The number of rotatable bonds is 4. The minimum atomic E-state index is -0.452. The molecular formula is C22H29N5O2S. The number of nitrogens with zero attached hydrogens (tertiary/aromatic N) is 4. The number of hydrogen-bond acceptors (Lipinski definition) is 6. The Kier molecular flexibility index (Phi) is 5.71. The highest BCUT2D eigenvalue weighted by molar-refractivity contribution is 7.15. The van der Waals surface area contributed by atoms with Gasteiger partial charge in [-0.05, 0) is 26.8 Å². The topological polar surface area (TPSA) is 76.1 Å². The maximum atomic E-state index is 12.2. The molecule has 1 fully saturated rings. The number of benzene rings is 1. The van der Waals surface area contributed by atoms with Crippen LogP contribution in [0.5, 0.6) is 0 Å². The number of fused-ring (bicyclic) bond motifs is 1. The maximum absolute atomic E-state index is 12.2. The molecule has 0 bridgehead atoms. The number of imidazole rings is 1. The molecular weight excluding hydrogens is 398 g/mol. The van der Waals surface area contributed by atoms with Gasteiger partial charge in [-0.25, -0.2) is 9.78 Å². The van der Waals surface area contributed by atoms with E-state index in [2.05, 4.69) is 20.9 Å². The number of hydrogen-bond donors (Lipinski definition) is 1. The molecule has 4 rings (SSSR count). The number of anilines is 1. The molecule has 1 saturated heterocycles. The highest BCUT2D eigenvalue weighted by Gasteiger charge is 2.25. The molecule has 2 aromatic heterocycles. The average Bonchev–Trinajstić information content (AvgIpc) is 3.27. The van der Waals surface area contributed by atoms with Crippen molar-refractivity contribution in [1.82, 2.24) is 19.2 Å². The van der Waals surface area contributed by atoms with Crippen molar-refractivity contribution in [1.29, 1.82) is 0 Å². The monoisotopic (exact) mass is 427 g/mol. The van der Waals surface area contributed by atoms with Crippen LogP contribution in [0.4, 0.5) is 10.5 Å². The van der Waals surface area contributed by atoms with Crippen molar-refractivity contribution in [3.8, 4) is 11.3 Å². The fourth-order valence-corrected chi connectivity index (χ4v) is 4.53. The van der Waals surface area contributed by atoms with Gasteiger partial charge in [-0.15, -0.1) is 11.3 Å². The van der Waals surface area contributed by atoms with Crippen LogP contribution in [0.1, 0.15) is 26.5 Å². The molecule has 2 N–H and O–H groups in total. The minimum absolute atomic E-state index is 0.215. The number of para-hydroxylation sites is 1. The van der Waals surface area contributed by atoms with Crippen molar-refractivity contribution >= 4 is 28.1 Å². The lowest BCUT2D eigenvalue weighted by molar-refractivity contribution is 0.0146. The van der Waals surface area contributed by atoms with Crippen LogP contribution in [0.2, 0.25) is 0 Å². The third-order valence-corrected chi connectivity index (χ3v) is 6.12. The Balaban J connectivity index is 1.35. The molecule has 1 aliphatic heterocycles. The normalized spacial score (nSPS) is 15.6. The van der Waals surface area contributed by atoms with E-state index in [1.54, 1.807) is 16.2 Å². The SMILES string of the molecule is CC(C)(C)OC(=O)N1CCN(CCc2csc3nc(-c4ccccc4N)cn23)CC1. The van der Waals surface area contributed by atoms with Crippen molar-refractivity contribution in [3.05, 3.63) is 41.5 Å². The van der Waals surface area contributed by atoms with Crippen LogP contribution in [-0.4, -0.2) is 63.6 Å². The minimum Gasteiger partial charge on any atom is -0.444 e. The lowest BCUT2D eigenvalue weighted by Gasteiger charge is -2.35. The van der Waals surface area contributed by atoms with Crippen LogP contribution in [0, 0.1) is 0 Å². The molecule has 7 nitrogen and oxygen atoms in total. The van der Waals surface area contributed by atoms with E-state index in [0.717, 1.165) is 48.0 Å². The first-order valence-corrected chi connectivity index (χ1v) is 11.2. The number of thiazole rings is 1. The van der Waals surface area contributed by atoms with Crippen LogP contribution in [0.25, 0.3) is 16.2 Å². The second-order valence-electron chi connectivity index (χ2n) is 8.65. The number of amides is 1. The highest BCUT2D eigenvalue weighted by Crippen LogP contribution is 2.27. The fourth-order valence-electron chi connectivity index (χ4n) is 3.62. The van der Waals surface area contributed by atoms with Crippen molar-refractivity contribution < 1.29 is 9.53 Å². The summed E-state index contributed by atoms with van der Waals surface area (Å²) >= 11 is 1.65. The zero-order valence-corrected chi connectivity index (χ0v) is 18.6. The van der Waals surface area contributed by atoms with Gasteiger partial charge in [0, 0.05) is 67.7 Å². The van der Waals surface area contributed by atoms with Crippen molar-refractivity contribution in [2.45, 2.75) is 32.8 Å². The van der Waals surface area contributed by atoms with Gasteiger partial charge in [0.1, 0.15) is 5.60 Å². The Morgan fingerprint density at radius 3 is 2.63 bits per heavy atom. The summed E-state index contributed by atoms with van der Waals surface area (Å²) in [6, 6.07) is 7.83. The van der Waals surface area contributed by atoms with Crippen LogP contribution in [-0.2, 0) is 11.2 Å². The summed E-state index contributed by atoms with van der Waals surface area (Å²) in [5, 5.41) is 2.18. The van der Waals surface area contributed by atoms with Gasteiger partial charge in [0.05, 0.1) is 5.69 Å². The molecule has 1 amide bonds. The summed E-state index contributed by atoms with van der Waals surface area (Å²) in [5.41, 5.74) is 9.53. The number of carbonyl (C=O) groups is 1. The predicted molar refractivity (Wildman–Crippen MR) is 121 cm³/mol. The first kappa shape index (κ1) is 20.7. The molecule has 3 heterocycles. The zero-order chi connectivity index (χ0) is 21.3. The van der Waals surface area contributed by atoms with Gasteiger partial charge in [-0.1, -0.05) is 18.2 Å². The van der Waals surface area contributed by atoms with Crippen LogP contribution >= 0.6 is 11.3 Å². The summed E-state index contributed by atoms with van der Waals surface area (Å²) in [4.78, 5) is 22.2. The van der Waals surface area contributed by atoms with Crippen molar-refractivity contribution in [2.24, 2.45) is 0 Å². The van der Waals surface area contributed by atoms with E-state index < -0.39 is 5.60 Å². The molecule has 160 valence electrons. The summed E-state index contributed by atoms with van der Waals surface area (Å²) < 4.78 is 7.65. The second kappa shape index (κ2) is 8.28. The lowest BCUT2D eigenvalue weighted by Crippen LogP contribution is -2.50. The molecule has 30 heavy (non-hydrogen) atoms. The summed E-state index contributed by atoms with van der Waals surface area (Å²) in [7, 11) is 0. The third-order valence-electron chi connectivity index (χ3n) is 5.23. The van der Waals surface area contributed by atoms with Crippen molar-refractivity contribution in [3.63, 3.8) is 0 Å². The number of carbonyl (C=O) groups excluding carboxylic acids is 1. The Morgan fingerprint density at radius 1 is 1.20 bits per heavy atom. The Bertz CT molecular complexity index is 1030. The smallest absolute Gasteiger partial charge is 0.410 e. The first-order chi connectivity index (χ1) is 14.3. The average molecular weight is 428 g/mol. The first-order valence-electron chi connectivity index (χ1n) is 10.3. The molecule has 8 heteroatoms. The highest BCUT2D eigenvalue weighted by atomic mass is 32.1. The number of nitrogen functional groups attached to an aromatic ring is 1. The molecule has 1 aromatic carbocycles. The quantitative estimate of drug-likeness (QED) is 0.642. The summed E-state index contributed by atoms with van der Waals surface area (Å²) in [5.74, 6) is 0. The molecule has 0 unspecified atom stereocenters. The van der Waals surface area contributed by atoms with E-state index in [-0.39, 0.29) is 6.09 Å². The van der Waals surface area contributed by atoms with E-state index in [0.29, 0.717) is 13.1 Å². The largest absolute Gasteiger partial charge is 0.444 e. The molecule has 0 atom stereocenters. The van der Waals surface area contributed by atoms with E-state index in [9.17, 15) is 4.79 Å². The lowest BCUT2D eigenvalue weighted by atomic mass is 10.1. The molecule has 0 radical (unpaired) electrons. The molecule has 0 aliphatic carbocycles. The number of ether oxygens (including phenoxy) is 1. The van der Waals surface area contributed by atoms with Crippen LogP contribution in [0.3, 0.4) is 0 Å². The van der Waals surface area contributed by atoms with E-state index in [1.165, 1.54) is 5.69 Å². The van der Waals surface area contributed by atoms with Crippen LogP contribution in [0.15, 0.2) is 35.8 Å². The molecule has 0 spiro atoms. The Hall–Kier alpha value is -2.58. The molecule has 0 saturated carbocycles. The second-order valence-corrected chi connectivity index (χ2v) is 9.49. The molecule has 3 aromatic rings. The predicted octanol–water partition coefficient (Wildman–Crippen LogP) is 3.74. The fraction of sp³-hybridized carbons (Fsp3) is 0.455. The van der Waals surface area contributed by atoms with E-state index in [4.69, 9.17) is 15.5 Å².